The Labute approximate surface area is 108 Å². The van der Waals surface area contributed by atoms with E-state index in [4.69, 9.17) is 16.3 Å². The van der Waals surface area contributed by atoms with Gasteiger partial charge < -0.3 is 4.74 Å². The lowest BCUT2D eigenvalue weighted by atomic mass is 10.3. The molecule has 0 unspecified atom stereocenters. The number of aryl methyl sites for hydroxylation is 1. The smallest absolute Gasteiger partial charge is 0.348 e. The number of aromatic nitrogens is 1. The zero-order valence-corrected chi connectivity index (χ0v) is 10.7. The minimum absolute atomic E-state index is 0.208. The van der Waals surface area contributed by atoms with Crippen LogP contribution in [-0.4, -0.2) is 11.0 Å². The average Bonchev–Trinajstić information content (AvgIpc) is 2.75. The lowest BCUT2D eigenvalue weighted by Gasteiger charge is -2.02. The van der Waals surface area contributed by atoms with Gasteiger partial charge in [0.2, 0.25) is 0 Å². The molecule has 0 spiro atoms. The highest BCUT2D eigenvalue weighted by molar-refractivity contribution is 7.13. The molecule has 0 aliphatic rings. The number of rotatable bonds is 3. The molecule has 0 amide bonds. The predicted octanol–water partition coefficient (Wildman–Crippen LogP) is 3.46. The molecule has 0 N–H and O–H groups in total. The van der Waals surface area contributed by atoms with Crippen LogP contribution in [0.15, 0.2) is 30.5 Å². The maximum atomic E-state index is 11.6. The van der Waals surface area contributed by atoms with Crippen molar-refractivity contribution < 1.29 is 9.53 Å². The lowest BCUT2D eigenvalue weighted by molar-refractivity contribution is 0.0478. The van der Waals surface area contributed by atoms with Crippen molar-refractivity contribution in [3.63, 3.8) is 0 Å². The SMILES string of the molecule is Cc1ccc(C(=O)OCc2ccc(Cl)nc2)s1. The molecule has 0 radical (unpaired) electrons. The molecule has 0 aromatic carbocycles. The van der Waals surface area contributed by atoms with Gasteiger partial charge in [-0.1, -0.05) is 17.7 Å². The second kappa shape index (κ2) is 5.29. The Morgan fingerprint density at radius 1 is 1.41 bits per heavy atom. The largest absolute Gasteiger partial charge is 0.457 e. The number of carbonyl (C=O) groups is 1. The van der Waals surface area contributed by atoms with Gasteiger partial charge in [0.15, 0.2) is 0 Å². The van der Waals surface area contributed by atoms with E-state index in [1.165, 1.54) is 11.3 Å². The summed E-state index contributed by atoms with van der Waals surface area (Å²) in [6.45, 7) is 2.16. The standard InChI is InChI=1S/C12H10ClNO2S/c1-8-2-4-10(17-8)12(15)16-7-9-3-5-11(13)14-6-9/h2-6H,7H2,1H3. The van der Waals surface area contributed by atoms with Crippen molar-refractivity contribution in [1.82, 2.24) is 4.98 Å². The van der Waals surface area contributed by atoms with Crippen LogP contribution < -0.4 is 0 Å². The van der Waals surface area contributed by atoms with Crippen LogP contribution in [0.3, 0.4) is 0 Å². The Bertz CT molecular complexity index is 522. The number of carbonyl (C=O) groups excluding carboxylic acids is 1. The first-order valence-corrected chi connectivity index (χ1v) is 6.18. The van der Waals surface area contributed by atoms with E-state index in [-0.39, 0.29) is 12.6 Å². The van der Waals surface area contributed by atoms with Gasteiger partial charge in [0.1, 0.15) is 16.6 Å². The maximum absolute atomic E-state index is 11.6. The average molecular weight is 268 g/mol. The van der Waals surface area contributed by atoms with Crippen LogP contribution in [0.1, 0.15) is 20.1 Å². The third-order valence-electron chi connectivity index (χ3n) is 2.10. The van der Waals surface area contributed by atoms with Crippen molar-refractivity contribution >= 4 is 28.9 Å². The third-order valence-corrected chi connectivity index (χ3v) is 3.30. The van der Waals surface area contributed by atoms with Gasteiger partial charge >= 0.3 is 5.97 Å². The van der Waals surface area contributed by atoms with E-state index >= 15 is 0 Å². The Morgan fingerprint density at radius 3 is 2.82 bits per heavy atom. The molecular formula is C12H10ClNO2S. The first-order chi connectivity index (χ1) is 8.15. The van der Waals surface area contributed by atoms with Crippen molar-refractivity contribution in [1.29, 1.82) is 0 Å². The Hall–Kier alpha value is -1.39. The molecule has 0 atom stereocenters. The molecule has 17 heavy (non-hydrogen) atoms. The second-order valence-electron chi connectivity index (χ2n) is 3.48. The molecule has 0 bridgehead atoms. The van der Waals surface area contributed by atoms with E-state index < -0.39 is 0 Å². The van der Waals surface area contributed by atoms with Gasteiger partial charge in [-0.3, -0.25) is 0 Å². The molecule has 0 saturated carbocycles. The van der Waals surface area contributed by atoms with Crippen LogP contribution in [0, 0.1) is 6.92 Å². The normalized spacial score (nSPS) is 10.2. The van der Waals surface area contributed by atoms with Crippen LogP contribution in [0.25, 0.3) is 0 Å². The van der Waals surface area contributed by atoms with E-state index in [9.17, 15) is 4.79 Å². The van der Waals surface area contributed by atoms with Gasteiger partial charge in [-0.2, -0.15) is 0 Å². The topological polar surface area (TPSA) is 39.2 Å². The summed E-state index contributed by atoms with van der Waals surface area (Å²) < 4.78 is 5.16. The summed E-state index contributed by atoms with van der Waals surface area (Å²) in [5.74, 6) is -0.307. The Balaban J connectivity index is 1.94. The number of halogens is 1. The highest BCUT2D eigenvalue weighted by Crippen LogP contribution is 2.16. The Kier molecular flexibility index (Phi) is 3.76. The first kappa shape index (κ1) is 12.1. The van der Waals surface area contributed by atoms with Crippen molar-refractivity contribution in [2.75, 3.05) is 0 Å². The molecule has 2 aromatic heterocycles. The molecule has 2 aromatic rings. The minimum Gasteiger partial charge on any atom is -0.457 e. The number of nitrogens with zero attached hydrogens (tertiary/aromatic N) is 1. The lowest BCUT2D eigenvalue weighted by Crippen LogP contribution is -2.03. The van der Waals surface area contributed by atoms with Crippen molar-refractivity contribution in [3.05, 3.63) is 50.9 Å². The van der Waals surface area contributed by atoms with Crippen LogP contribution in [0.5, 0.6) is 0 Å². The van der Waals surface area contributed by atoms with Gasteiger partial charge in [-0.25, -0.2) is 9.78 Å². The van der Waals surface area contributed by atoms with E-state index in [0.29, 0.717) is 10.0 Å². The quantitative estimate of drug-likeness (QED) is 0.631. The minimum atomic E-state index is -0.307. The summed E-state index contributed by atoms with van der Waals surface area (Å²) in [6.07, 6.45) is 1.59. The molecule has 0 aliphatic heterocycles. The molecule has 88 valence electrons. The first-order valence-electron chi connectivity index (χ1n) is 4.99. The Morgan fingerprint density at radius 2 is 2.24 bits per heavy atom. The van der Waals surface area contributed by atoms with Crippen molar-refractivity contribution in [2.24, 2.45) is 0 Å². The summed E-state index contributed by atoms with van der Waals surface area (Å²) in [7, 11) is 0. The summed E-state index contributed by atoms with van der Waals surface area (Å²) in [5, 5.41) is 0.425. The van der Waals surface area contributed by atoms with Gasteiger partial charge in [0, 0.05) is 16.6 Å². The molecule has 2 rings (SSSR count). The van der Waals surface area contributed by atoms with Gasteiger partial charge in [-0.05, 0) is 25.1 Å². The zero-order valence-electron chi connectivity index (χ0n) is 9.14. The number of hydrogen-bond acceptors (Lipinski definition) is 4. The number of pyridine rings is 1. The molecular weight excluding hydrogens is 258 g/mol. The van der Waals surface area contributed by atoms with E-state index in [2.05, 4.69) is 4.98 Å². The highest BCUT2D eigenvalue weighted by Gasteiger charge is 2.09. The fourth-order valence-electron chi connectivity index (χ4n) is 1.26. The summed E-state index contributed by atoms with van der Waals surface area (Å²) in [5.41, 5.74) is 0.816. The van der Waals surface area contributed by atoms with E-state index in [0.717, 1.165) is 10.4 Å². The van der Waals surface area contributed by atoms with Gasteiger partial charge in [0.05, 0.1) is 0 Å². The fourth-order valence-corrected chi connectivity index (χ4v) is 2.13. The predicted molar refractivity (Wildman–Crippen MR) is 67.4 cm³/mol. The molecule has 0 fully saturated rings. The fraction of sp³-hybridized carbons (Fsp3) is 0.167. The number of ether oxygens (including phenoxy) is 1. The number of thiophene rings is 1. The molecule has 2 heterocycles. The van der Waals surface area contributed by atoms with Crippen molar-refractivity contribution in [2.45, 2.75) is 13.5 Å². The van der Waals surface area contributed by atoms with E-state index in [1.54, 1.807) is 24.4 Å². The van der Waals surface area contributed by atoms with Crippen LogP contribution in [-0.2, 0) is 11.3 Å². The van der Waals surface area contributed by atoms with Crippen molar-refractivity contribution in [3.8, 4) is 0 Å². The highest BCUT2D eigenvalue weighted by atomic mass is 35.5. The summed E-state index contributed by atoms with van der Waals surface area (Å²) >= 11 is 7.08. The molecule has 5 heteroatoms. The van der Waals surface area contributed by atoms with Gasteiger partial charge in [-0.15, -0.1) is 11.3 Å². The van der Waals surface area contributed by atoms with Crippen LogP contribution >= 0.6 is 22.9 Å². The van der Waals surface area contributed by atoms with Crippen LogP contribution in [0.2, 0.25) is 5.15 Å². The second-order valence-corrected chi connectivity index (χ2v) is 5.15. The number of hydrogen-bond donors (Lipinski definition) is 0. The molecule has 0 saturated heterocycles. The maximum Gasteiger partial charge on any atom is 0.348 e. The third kappa shape index (κ3) is 3.28. The monoisotopic (exact) mass is 267 g/mol. The summed E-state index contributed by atoms with van der Waals surface area (Å²) in [6, 6.07) is 7.11. The zero-order chi connectivity index (χ0) is 12.3. The summed E-state index contributed by atoms with van der Waals surface area (Å²) in [4.78, 5) is 17.3. The van der Waals surface area contributed by atoms with Crippen LogP contribution in [0.4, 0.5) is 0 Å². The molecule has 3 nitrogen and oxygen atoms in total. The number of esters is 1. The van der Waals surface area contributed by atoms with E-state index in [1.807, 2.05) is 13.0 Å². The molecule has 0 aliphatic carbocycles. The van der Waals surface area contributed by atoms with Gasteiger partial charge in [0.25, 0.3) is 0 Å².